The van der Waals surface area contributed by atoms with Crippen LogP contribution in [-0.2, 0) is 9.33 Å². The summed E-state index contributed by atoms with van der Waals surface area (Å²) >= 11 is 0. The fraction of sp³-hybridized carbons (Fsp3) is 0. The van der Waals surface area contributed by atoms with E-state index in [1.54, 1.807) is 0 Å². The Balaban J connectivity index is 0.000000195. The number of hydrogen-bond acceptors (Lipinski definition) is 6. The van der Waals surface area contributed by atoms with Crippen molar-refractivity contribution in [3.05, 3.63) is 32.8 Å². The monoisotopic (exact) mass is 250 g/mol. The van der Waals surface area contributed by atoms with Crippen molar-refractivity contribution >= 4 is 20.0 Å². The van der Waals surface area contributed by atoms with Crippen molar-refractivity contribution in [2.24, 2.45) is 0 Å². The van der Waals surface area contributed by atoms with Crippen LogP contribution in [0, 0.1) is 0 Å². The van der Waals surface area contributed by atoms with Crippen LogP contribution in [0.1, 0.15) is 0 Å². The molecule has 0 radical (unpaired) electrons. The lowest BCUT2D eigenvalue weighted by molar-refractivity contribution is 0.501. The summed E-state index contributed by atoms with van der Waals surface area (Å²) in [5.41, 5.74) is -0.724. The summed E-state index contributed by atoms with van der Waals surface area (Å²) in [4.78, 5) is 28.4. The lowest BCUT2D eigenvalue weighted by Crippen LogP contribution is -2.19. The molecule has 0 aromatic rings. The van der Waals surface area contributed by atoms with E-state index in [4.69, 9.17) is 13.0 Å². The second kappa shape index (κ2) is 4.01. The number of hydrogen-bond donors (Lipinski definition) is 1. The third-order valence-corrected chi connectivity index (χ3v) is 1.31. The van der Waals surface area contributed by atoms with Crippen LogP contribution < -0.4 is 11.0 Å². The maximum absolute atomic E-state index is 10.8. The molecule has 0 unspecified atom stereocenters. The maximum atomic E-state index is 10.8. The lowest BCUT2D eigenvalue weighted by Gasteiger charge is -1.72. The Morgan fingerprint density at radius 2 is 1.87 bits per heavy atom. The lowest BCUT2D eigenvalue weighted by atomic mass is 10.4. The van der Waals surface area contributed by atoms with Gasteiger partial charge in [0, 0.05) is 16.9 Å². The molecular formula is C6H3ClN2O5S. The van der Waals surface area contributed by atoms with Gasteiger partial charge in [0.2, 0.25) is 0 Å². The molecule has 0 spiro atoms. The zero-order chi connectivity index (χ0) is 11.6. The Morgan fingerprint density at radius 3 is 2.33 bits per heavy atom. The van der Waals surface area contributed by atoms with Gasteiger partial charge < -0.3 is 0 Å². The Labute approximate surface area is 87.7 Å². The number of rotatable bonds is 0. The predicted molar refractivity (Wildman–Crippen MR) is 51.0 cm³/mol. The van der Waals surface area contributed by atoms with Crippen molar-refractivity contribution in [1.82, 2.24) is 9.97 Å². The third-order valence-electron chi connectivity index (χ3n) is 1.31. The smallest absolute Gasteiger partial charge is 0.281 e. The first kappa shape index (κ1) is 11.7. The second-order valence-corrected chi connectivity index (χ2v) is 4.33. The SMILES string of the molecule is O=S(=O)(O)Cl.O=c1nc2ccnc-2c1=O. The molecule has 15 heavy (non-hydrogen) atoms. The van der Waals surface area contributed by atoms with Crippen LogP contribution >= 0.6 is 10.7 Å². The summed E-state index contributed by atoms with van der Waals surface area (Å²) in [5, 5.41) is 0. The zero-order valence-corrected chi connectivity index (χ0v) is 8.49. The standard InChI is InChI=1S/C6H2N2O2.ClHO3S/c9-5-4-3(1-2-7-4)8-6(5)10;1-5(2,3)4/h1-2H;(H,2,3,4). The molecule has 80 valence electrons. The fourth-order valence-corrected chi connectivity index (χ4v) is 0.854. The van der Waals surface area contributed by atoms with Crippen LogP contribution in [0.25, 0.3) is 11.4 Å². The molecule has 1 N–H and O–H groups in total. The van der Waals surface area contributed by atoms with Gasteiger partial charge >= 0.3 is 14.9 Å². The highest BCUT2D eigenvalue weighted by molar-refractivity contribution is 8.09. The predicted octanol–water partition coefficient (Wildman–Crippen LogP) is -0.795. The van der Waals surface area contributed by atoms with Crippen molar-refractivity contribution in [2.75, 3.05) is 0 Å². The molecule has 2 aliphatic rings. The van der Waals surface area contributed by atoms with Gasteiger partial charge in [-0.2, -0.15) is 8.42 Å². The summed E-state index contributed by atoms with van der Waals surface area (Å²) in [6.07, 6.45) is 1.46. The first-order chi connectivity index (χ1) is 6.79. The number of aromatic nitrogens is 2. The van der Waals surface area contributed by atoms with E-state index >= 15 is 0 Å². The van der Waals surface area contributed by atoms with E-state index in [0.717, 1.165) is 0 Å². The molecule has 2 rings (SSSR count). The van der Waals surface area contributed by atoms with Crippen LogP contribution in [0.3, 0.4) is 0 Å². The molecule has 2 aliphatic heterocycles. The van der Waals surface area contributed by atoms with Gasteiger partial charge in [0.15, 0.2) is 0 Å². The minimum Gasteiger partial charge on any atom is -0.281 e. The van der Waals surface area contributed by atoms with E-state index < -0.39 is 20.3 Å². The quantitative estimate of drug-likeness (QED) is 0.370. The Bertz CT molecular complexity index is 607. The maximum Gasteiger partial charge on any atom is 0.353 e. The summed E-state index contributed by atoms with van der Waals surface area (Å²) in [7, 11) is -0.137. The van der Waals surface area contributed by atoms with Gasteiger partial charge in [-0.1, -0.05) is 0 Å². The van der Waals surface area contributed by atoms with Gasteiger partial charge in [0.05, 0.1) is 5.69 Å². The average Bonchev–Trinajstić information content (AvgIpc) is 2.55. The van der Waals surface area contributed by atoms with Gasteiger partial charge in [-0.15, -0.1) is 0 Å². The van der Waals surface area contributed by atoms with Gasteiger partial charge in [0.25, 0.3) is 5.43 Å². The summed E-state index contributed by atoms with van der Waals surface area (Å²) in [6, 6.07) is 1.54. The Kier molecular flexibility index (Phi) is 3.12. The van der Waals surface area contributed by atoms with Crippen molar-refractivity contribution in [3.63, 3.8) is 0 Å². The van der Waals surface area contributed by atoms with E-state index in [1.165, 1.54) is 12.3 Å². The topological polar surface area (TPSA) is 114 Å². The van der Waals surface area contributed by atoms with Gasteiger partial charge in [0.1, 0.15) is 5.69 Å². The molecule has 0 aromatic heterocycles. The average molecular weight is 251 g/mol. The van der Waals surface area contributed by atoms with E-state index in [2.05, 4.69) is 20.7 Å². The number of nitrogens with zero attached hydrogens (tertiary/aromatic N) is 2. The highest BCUT2D eigenvalue weighted by atomic mass is 35.7. The van der Waals surface area contributed by atoms with E-state index in [1.807, 2.05) is 0 Å². The molecule has 9 heteroatoms. The first-order valence-electron chi connectivity index (χ1n) is 3.38. The minimum atomic E-state index is -4.19. The van der Waals surface area contributed by atoms with Crippen molar-refractivity contribution in [1.29, 1.82) is 0 Å². The van der Waals surface area contributed by atoms with Crippen LogP contribution in [0.5, 0.6) is 0 Å². The van der Waals surface area contributed by atoms with Crippen molar-refractivity contribution < 1.29 is 13.0 Å². The van der Waals surface area contributed by atoms with E-state index in [-0.39, 0.29) is 5.69 Å². The number of fused-ring (bicyclic) bond motifs is 1. The van der Waals surface area contributed by atoms with Crippen molar-refractivity contribution in [3.8, 4) is 11.4 Å². The molecule has 0 aliphatic carbocycles. The highest BCUT2D eigenvalue weighted by Gasteiger charge is 2.14. The Morgan fingerprint density at radius 1 is 1.33 bits per heavy atom. The first-order valence-corrected chi connectivity index (χ1v) is 5.65. The third kappa shape index (κ3) is 3.35. The molecular weight excluding hydrogens is 248 g/mol. The van der Waals surface area contributed by atoms with Crippen LogP contribution in [0.15, 0.2) is 21.9 Å². The van der Waals surface area contributed by atoms with Crippen molar-refractivity contribution in [2.45, 2.75) is 0 Å². The molecule has 2 heterocycles. The minimum absolute atomic E-state index is 0.185. The summed E-state index contributed by atoms with van der Waals surface area (Å²) in [6.45, 7) is 0. The highest BCUT2D eigenvalue weighted by Crippen LogP contribution is 2.08. The molecule has 0 bridgehead atoms. The second-order valence-electron chi connectivity index (χ2n) is 2.34. The Hall–Kier alpha value is -1.38. The molecule has 0 saturated carbocycles. The van der Waals surface area contributed by atoms with Crippen LogP contribution in [0.2, 0.25) is 0 Å². The fourth-order valence-electron chi connectivity index (χ4n) is 0.854. The molecule has 0 amide bonds. The molecule has 0 saturated heterocycles. The number of halogens is 1. The summed E-state index contributed by atoms with van der Waals surface area (Å²) in [5.74, 6) is 0. The van der Waals surface area contributed by atoms with E-state index in [0.29, 0.717) is 5.69 Å². The van der Waals surface area contributed by atoms with Gasteiger partial charge in [-0.3, -0.25) is 19.1 Å². The van der Waals surface area contributed by atoms with Gasteiger partial charge in [-0.25, -0.2) is 4.98 Å². The van der Waals surface area contributed by atoms with Crippen LogP contribution in [0.4, 0.5) is 0 Å². The molecule has 0 atom stereocenters. The van der Waals surface area contributed by atoms with E-state index in [9.17, 15) is 9.59 Å². The largest absolute Gasteiger partial charge is 0.353 e. The molecule has 7 nitrogen and oxygen atoms in total. The normalized spacial score (nSPS) is 11.1. The molecule has 0 aromatic carbocycles. The van der Waals surface area contributed by atoms with Crippen LogP contribution in [-0.4, -0.2) is 22.9 Å². The van der Waals surface area contributed by atoms with Gasteiger partial charge in [-0.05, 0) is 6.07 Å². The zero-order valence-electron chi connectivity index (χ0n) is 6.92. The molecule has 0 fully saturated rings. The summed E-state index contributed by atoms with van der Waals surface area (Å²) < 4.78 is 25.2.